The number of hydrogen-bond acceptors (Lipinski definition) is 6. The maximum Gasteiger partial charge on any atom is 0.306 e. The molecule has 1 unspecified atom stereocenters. The Kier molecular flexibility index (Phi) is 9.54. The first-order valence-electron chi connectivity index (χ1n) is 10.5. The number of carbonyl (C=O) groups is 3. The van der Waals surface area contributed by atoms with Crippen molar-refractivity contribution in [2.24, 2.45) is 0 Å². The van der Waals surface area contributed by atoms with E-state index >= 15 is 0 Å². The summed E-state index contributed by atoms with van der Waals surface area (Å²) in [5.74, 6) is -0.536. The van der Waals surface area contributed by atoms with E-state index in [2.05, 4.69) is 11.1 Å². The average molecular weight is 417 g/mol. The second kappa shape index (κ2) is 12.1. The number of Topliss-reactive ketones (excluding diaryl/α,β-unsaturated/α-hetero) is 1. The molecule has 0 bridgehead atoms. The summed E-state index contributed by atoms with van der Waals surface area (Å²) < 4.78 is 9.43. The van der Waals surface area contributed by atoms with Gasteiger partial charge in [0.1, 0.15) is 5.78 Å². The van der Waals surface area contributed by atoms with Crippen molar-refractivity contribution in [2.75, 3.05) is 27.3 Å². The molecule has 0 saturated carbocycles. The minimum absolute atomic E-state index is 0.132. The lowest BCUT2D eigenvalue weighted by atomic mass is 10.00. The minimum atomic E-state index is -0.334. The molecule has 0 fully saturated rings. The minimum Gasteiger partial charge on any atom is -0.469 e. The van der Waals surface area contributed by atoms with Crippen LogP contribution in [-0.2, 0) is 30.3 Å². The third-order valence-electron chi connectivity index (χ3n) is 5.40. The van der Waals surface area contributed by atoms with Crippen LogP contribution in [0.15, 0.2) is 30.5 Å². The summed E-state index contributed by atoms with van der Waals surface area (Å²) in [7, 11) is 2.68. The molecule has 7 nitrogen and oxygen atoms in total. The van der Waals surface area contributed by atoms with Gasteiger partial charge in [-0.3, -0.25) is 19.3 Å². The highest BCUT2D eigenvalue weighted by atomic mass is 16.5. The number of ketones is 1. The van der Waals surface area contributed by atoms with Crippen LogP contribution in [0.4, 0.5) is 0 Å². The zero-order valence-electron chi connectivity index (χ0n) is 18.1. The number of nitrogens with zero attached hydrogens (tertiary/aromatic N) is 1. The maximum absolute atomic E-state index is 13.0. The van der Waals surface area contributed by atoms with Crippen LogP contribution >= 0.6 is 0 Å². The lowest BCUT2D eigenvalue weighted by molar-refractivity contribution is -0.142. The number of nitrogens with one attached hydrogen (secondary N) is 1. The molecule has 0 aliphatic heterocycles. The normalized spacial score (nSPS) is 12.1. The topological polar surface area (TPSA) is 88.7 Å². The van der Waals surface area contributed by atoms with Crippen LogP contribution < -0.4 is 0 Å². The predicted molar refractivity (Wildman–Crippen MR) is 115 cm³/mol. The van der Waals surface area contributed by atoms with Crippen molar-refractivity contribution >= 4 is 28.6 Å². The fourth-order valence-corrected chi connectivity index (χ4v) is 3.75. The zero-order chi connectivity index (χ0) is 21.9. The summed E-state index contributed by atoms with van der Waals surface area (Å²) in [6, 6.07) is 7.80. The van der Waals surface area contributed by atoms with Crippen LogP contribution in [0.2, 0.25) is 0 Å². The number of rotatable bonds is 13. The average Bonchev–Trinajstić information content (AvgIpc) is 3.18. The molecule has 0 aliphatic carbocycles. The molecule has 0 radical (unpaired) electrons. The number of benzene rings is 1. The summed E-state index contributed by atoms with van der Waals surface area (Å²) in [5.41, 5.74) is 2.31. The lowest BCUT2D eigenvalue weighted by Crippen LogP contribution is -2.43. The van der Waals surface area contributed by atoms with Crippen LogP contribution in [0.25, 0.3) is 10.9 Å². The first-order valence-corrected chi connectivity index (χ1v) is 10.5. The van der Waals surface area contributed by atoms with E-state index in [-0.39, 0.29) is 36.6 Å². The molecule has 1 heterocycles. The van der Waals surface area contributed by atoms with Crippen LogP contribution in [0.3, 0.4) is 0 Å². The molecule has 0 saturated heterocycles. The van der Waals surface area contributed by atoms with Gasteiger partial charge in [-0.25, -0.2) is 0 Å². The van der Waals surface area contributed by atoms with Crippen molar-refractivity contribution in [1.29, 1.82) is 0 Å². The van der Waals surface area contributed by atoms with Gasteiger partial charge in [0, 0.05) is 36.6 Å². The van der Waals surface area contributed by atoms with E-state index in [4.69, 9.17) is 9.47 Å². The first kappa shape index (κ1) is 23.6. The molecule has 0 aliphatic rings. The maximum atomic E-state index is 13.0. The largest absolute Gasteiger partial charge is 0.469 e. The Hall–Kier alpha value is -2.67. The predicted octanol–water partition coefficient (Wildman–Crippen LogP) is 3.27. The molecule has 1 aromatic heterocycles. The lowest BCUT2D eigenvalue weighted by Gasteiger charge is -2.29. The number of fused-ring (bicyclic) bond motifs is 1. The van der Waals surface area contributed by atoms with Gasteiger partial charge in [0.15, 0.2) is 0 Å². The zero-order valence-corrected chi connectivity index (χ0v) is 18.1. The molecule has 1 aromatic carbocycles. The second-order valence-corrected chi connectivity index (χ2v) is 7.29. The van der Waals surface area contributed by atoms with E-state index < -0.39 is 0 Å². The highest BCUT2D eigenvalue weighted by Crippen LogP contribution is 2.20. The van der Waals surface area contributed by atoms with Gasteiger partial charge in [-0.2, -0.15) is 0 Å². The molecule has 164 valence electrons. The van der Waals surface area contributed by atoms with Crippen LogP contribution in [0.1, 0.15) is 44.6 Å². The molecule has 1 N–H and O–H groups in total. The Balaban J connectivity index is 1.96. The van der Waals surface area contributed by atoms with Gasteiger partial charge in [-0.05, 0) is 30.9 Å². The Morgan fingerprint density at radius 3 is 2.23 bits per heavy atom. The van der Waals surface area contributed by atoms with E-state index in [0.717, 1.165) is 18.4 Å². The van der Waals surface area contributed by atoms with Crippen molar-refractivity contribution in [1.82, 2.24) is 9.88 Å². The number of hydrogen-bond donors (Lipinski definition) is 1. The summed E-state index contributed by atoms with van der Waals surface area (Å²) >= 11 is 0. The number of aromatic amines is 1. The second-order valence-electron chi connectivity index (χ2n) is 7.29. The summed E-state index contributed by atoms with van der Waals surface area (Å²) in [4.78, 5) is 41.3. The Morgan fingerprint density at radius 2 is 1.63 bits per heavy atom. The Morgan fingerprint density at radius 1 is 1.00 bits per heavy atom. The van der Waals surface area contributed by atoms with E-state index in [9.17, 15) is 14.4 Å². The van der Waals surface area contributed by atoms with Gasteiger partial charge >= 0.3 is 11.9 Å². The number of methoxy groups -OCH3 is 2. The smallest absolute Gasteiger partial charge is 0.306 e. The highest BCUT2D eigenvalue weighted by molar-refractivity contribution is 5.85. The Bertz CT molecular complexity index is 825. The fraction of sp³-hybridized carbons (Fsp3) is 0.522. The number of para-hydroxylation sites is 1. The number of H-pyrrole nitrogens is 1. The Labute approximate surface area is 177 Å². The monoisotopic (exact) mass is 416 g/mol. The van der Waals surface area contributed by atoms with Crippen LogP contribution in [0, 0.1) is 0 Å². The van der Waals surface area contributed by atoms with Gasteiger partial charge in [-0.1, -0.05) is 25.1 Å². The van der Waals surface area contributed by atoms with Gasteiger partial charge in [0.25, 0.3) is 0 Å². The quantitative estimate of drug-likeness (QED) is 0.504. The number of carbonyl (C=O) groups excluding carboxylic acids is 3. The number of esters is 2. The SMILES string of the molecule is CCC(C(=O)CCCc1c[nH]c2ccccc12)N(CCC(=O)OC)CCC(=O)OC. The number of ether oxygens (including phenoxy) is 2. The first-order chi connectivity index (χ1) is 14.5. The molecule has 2 aromatic rings. The molecular formula is C23H32N2O5. The van der Waals surface area contributed by atoms with Gasteiger partial charge in [-0.15, -0.1) is 0 Å². The fourth-order valence-electron chi connectivity index (χ4n) is 3.75. The van der Waals surface area contributed by atoms with Gasteiger partial charge in [0.2, 0.25) is 0 Å². The van der Waals surface area contributed by atoms with Crippen molar-refractivity contribution in [3.8, 4) is 0 Å². The molecule has 2 rings (SSSR count). The van der Waals surface area contributed by atoms with E-state index in [0.29, 0.717) is 25.9 Å². The number of aromatic nitrogens is 1. The molecular weight excluding hydrogens is 384 g/mol. The van der Waals surface area contributed by atoms with Crippen molar-refractivity contribution in [3.05, 3.63) is 36.0 Å². The van der Waals surface area contributed by atoms with E-state index in [1.54, 1.807) is 0 Å². The molecule has 0 amide bonds. The third kappa shape index (κ3) is 6.69. The number of aryl methyl sites for hydroxylation is 1. The molecule has 7 heteroatoms. The van der Waals surface area contributed by atoms with Gasteiger partial charge < -0.3 is 14.5 Å². The van der Waals surface area contributed by atoms with Gasteiger partial charge in [0.05, 0.1) is 33.1 Å². The van der Waals surface area contributed by atoms with Crippen molar-refractivity contribution < 1.29 is 23.9 Å². The summed E-state index contributed by atoms with van der Waals surface area (Å²) in [6.07, 6.45) is 4.99. The standard InChI is InChI=1S/C23H32N2O5/c1-4-20(25(14-12-22(27)29-2)15-13-23(28)30-3)21(26)11-7-8-17-16-24-19-10-6-5-9-18(17)19/h5-6,9-10,16,20,24H,4,7-8,11-15H2,1-3H3. The highest BCUT2D eigenvalue weighted by Gasteiger charge is 2.25. The molecule has 1 atom stereocenters. The molecule has 30 heavy (non-hydrogen) atoms. The van der Waals surface area contributed by atoms with Crippen molar-refractivity contribution in [3.63, 3.8) is 0 Å². The van der Waals surface area contributed by atoms with Crippen LogP contribution in [-0.4, -0.2) is 61.0 Å². The van der Waals surface area contributed by atoms with Crippen LogP contribution in [0.5, 0.6) is 0 Å². The van der Waals surface area contributed by atoms with E-state index in [1.807, 2.05) is 36.2 Å². The van der Waals surface area contributed by atoms with Crippen molar-refractivity contribution in [2.45, 2.75) is 51.5 Å². The summed E-state index contributed by atoms with van der Waals surface area (Å²) in [5, 5.41) is 1.19. The third-order valence-corrected chi connectivity index (χ3v) is 5.40. The van der Waals surface area contributed by atoms with E-state index in [1.165, 1.54) is 25.2 Å². The molecule has 0 spiro atoms. The summed E-state index contributed by atoms with van der Waals surface area (Å²) in [6.45, 7) is 2.69.